The highest BCUT2D eigenvalue weighted by molar-refractivity contribution is 5.75. The van der Waals surface area contributed by atoms with Gasteiger partial charge in [0, 0.05) is 18.0 Å². The Morgan fingerprint density at radius 3 is 2.65 bits per heavy atom. The molecule has 94 valence electrons. The maximum Gasteiger partial charge on any atom is 0.129 e. The highest BCUT2D eigenvalue weighted by Gasteiger charge is 2.14. The van der Waals surface area contributed by atoms with E-state index in [0.29, 0.717) is 12.0 Å². The van der Waals surface area contributed by atoms with Gasteiger partial charge in [0.2, 0.25) is 0 Å². The molecule has 0 aliphatic rings. The van der Waals surface area contributed by atoms with Crippen molar-refractivity contribution in [2.75, 3.05) is 13.6 Å². The van der Waals surface area contributed by atoms with Crippen LogP contribution in [0.15, 0.2) is 24.3 Å². The molecule has 17 heavy (non-hydrogen) atoms. The molecular weight excluding hydrogens is 217 g/mol. The molecule has 0 fully saturated rings. The van der Waals surface area contributed by atoms with E-state index >= 15 is 0 Å². The van der Waals surface area contributed by atoms with E-state index in [2.05, 4.69) is 4.90 Å². The molecule has 2 nitrogen and oxygen atoms in total. The molecule has 0 amide bonds. The lowest BCUT2D eigenvalue weighted by Crippen LogP contribution is -2.24. The predicted octanol–water partition coefficient (Wildman–Crippen LogP) is 3.19. The normalized spacial score (nSPS) is 12.8. The summed E-state index contributed by atoms with van der Waals surface area (Å²) in [6, 6.07) is 6.86. The van der Waals surface area contributed by atoms with Gasteiger partial charge in [-0.2, -0.15) is 0 Å². The molecule has 0 spiro atoms. The first kappa shape index (κ1) is 13.8. The van der Waals surface area contributed by atoms with Crippen LogP contribution < -0.4 is 0 Å². The number of nitrogens with zero attached hydrogens (tertiary/aromatic N) is 1. The van der Waals surface area contributed by atoms with Crippen molar-refractivity contribution in [1.29, 1.82) is 0 Å². The zero-order valence-electron chi connectivity index (χ0n) is 10.7. The third kappa shape index (κ3) is 4.27. The van der Waals surface area contributed by atoms with Gasteiger partial charge < -0.3 is 4.79 Å². The minimum Gasteiger partial charge on any atom is -0.300 e. The molecule has 0 heterocycles. The van der Waals surface area contributed by atoms with Crippen LogP contribution in [-0.4, -0.2) is 24.3 Å². The van der Waals surface area contributed by atoms with E-state index in [1.54, 1.807) is 13.0 Å². The van der Waals surface area contributed by atoms with Crippen LogP contribution in [0.2, 0.25) is 0 Å². The molecule has 0 bridgehead atoms. The van der Waals surface area contributed by atoms with Crippen LogP contribution in [0.5, 0.6) is 0 Å². The lowest BCUT2D eigenvalue weighted by Gasteiger charge is -2.25. The molecule has 1 unspecified atom stereocenters. The van der Waals surface area contributed by atoms with Gasteiger partial charge in [-0.15, -0.1) is 0 Å². The van der Waals surface area contributed by atoms with Crippen molar-refractivity contribution in [3.8, 4) is 0 Å². The van der Waals surface area contributed by atoms with Crippen molar-refractivity contribution < 1.29 is 9.18 Å². The summed E-state index contributed by atoms with van der Waals surface area (Å²) in [4.78, 5) is 12.9. The maximum absolute atomic E-state index is 13.6. The standard InChI is InChI=1S/C14H20FNO/c1-11(17)7-6-10-16(3)12(2)13-8-4-5-9-14(13)15/h4-5,8-9,12H,6-7,10H2,1-3H3. The number of benzene rings is 1. The highest BCUT2D eigenvalue weighted by atomic mass is 19.1. The third-order valence-corrected chi connectivity index (χ3v) is 3.06. The van der Waals surface area contributed by atoms with Gasteiger partial charge in [-0.3, -0.25) is 4.90 Å². The van der Waals surface area contributed by atoms with Gasteiger partial charge in [0.05, 0.1) is 0 Å². The van der Waals surface area contributed by atoms with E-state index in [9.17, 15) is 9.18 Å². The molecule has 0 saturated heterocycles. The number of hydrogen-bond donors (Lipinski definition) is 0. The smallest absolute Gasteiger partial charge is 0.129 e. The molecule has 0 saturated carbocycles. The molecule has 1 rings (SSSR count). The van der Waals surface area contributed by atoms with Crippen LogP contribution >= 0.6 is 0 Å². The van der Waals surface area contributed by atoms with Gasteiger partial charge in [0.25, 0.3) is 0 Å². The summed E-state index contributed by atoms with van der Waals surface area (Å²) in [5.41, 5.74) is 0.706. The summed E-state index contributed by atoms with van der Waals surface area (Å²) in [5, 5.41) is 0. The molecule has 1 aromatic rings. The lowest BCUT2D eigenvalue weighted by atomic mass is 10.1. The largest absolute Gasteiger partial charge is 0.300 e. The van der Waals surface area contributed by atoms with E-state index in [1.807, 2.05) is 26.1 Å². The fourth-order valence-electron chi connectivity index (χ4n) is 1.82. The number of ketones is 1. The Hall–Kier alpha value is -1.22. The quantitative estimate of drug-likeness (QED) is 0.757. The highest BCUT2D eigenvalue weighted by Crippen LogP contribution is 2.21. The number of carbonyl (C=O) groups excluding carboxylic acids is 1. The molecule has 1 aromatic carbocycles. The first-order chi connectivity index (χ1) is 8.02. The summed E-state index contributed by atoms with van der Waals surface area (Å²) >= 11 is 0. The number of hydrogen-bond acceptors (Lipinski definition) is 2. The Kier molecular flexibility index (Phi) is 5.29. The summed E-state index contributed by atoms with van der Waals surface area (Å²) in [5.74, 6) is 0.0374. The molecule has 0 radical (unpaired) electrons. The van der Waals surface area contributed by atoms with Crippen LogP contribution in [-0.2, 0) is 4.79 Å². The fraction of sp³-hybridized carbons (Fsp3) is 0.500. The van der Waals surface area contributed by atoms with Gasteiger partial charge >= 0.3 is 0 Å². The SMILES string of the molecule is CC(=O)CCCN(C)C(C)c1ccccc1F. The first-order valence-electron chi connectivity index (χ1n) is 5.96. The second-order valence-electron chi connectivity index (χ2n) is 4.48. The van der Waals surface area contributed by atoms with Crippen molar-refractivity contribution in [2.45, 2.75) is 32.7 Å². The summed E-state index contributed by atoms with van der Waals surface area (Å²) in [7, 11) is 1.96. The molecule has 0 aliphatic carbocycles. The van der Waals surface area contributed by atoms with E-state index in [-0.39, 0.29) is 17.6 Å². The average Bonchev–Trinajstić information content (AvgIpc) is 2.28. The van der Waals surface area contributed by atoms with Crippen molar-refractivity contribution in [2.24, 2.45) is 0 Å². The average molecular weight is 237 g/mol. The monoisotopic (exact) mass is 237 g/mol. The summed E-state index contributed by atoms with van der Waals surface area (Å²) in [6.07, 6.45) is 1.42. The molecule has 3 heteroatoms. The second-order valence-corrected chi connectivity index (χ2v) is 4.48. The Balaban J connectivity index is 2.55. The van der Waals surface area contributed by atoms with E-state index in [1.165, 1.54) is 6.07 Å². The van der Waals surface area contributed by atoms with E-state index < -0.39 is 0 Å². The Bertz CT molecular complexity index is 378. The van der Waals surface area contributed by atoms with Gasteiger partial charge in [-0.1, -0.05) is 18.2 Å². The molecule has 0 N–H and O–H groups in total. The lowest BCUT2D eigenvalue weighted by molar-refractivity contribution is -0.117. The Morgan fingerprint density at radius 1 is 1.41 bits per heavy atom. The first-order valence-corrected chi connectivity index (χ1v) is 5.96. The molecule has 1 atom stereocenters. The van der Waals surface area contributed by atoms with Gasteiger partial charge in [0.1, 0.15) is 11.6 Å². The zero-order valence-corrected chi connectivity index (χ0v) is 10.7. The van der Waals surface area contributed by atoms with Gasteiger partial charge in [0.15, 0.2) is 0 Å². The van der Waals surface area contributed by atoms with Crippen LogP contribution in [0.25, 0.3) is 0 Å². The van der Waals surface area contributed by atoms with Crippen LogP contribution in [0, 0.1) is 5.82 Å². The molecule has 0 aromatic heterocycles. The Labute approximate surface area is 102 Å². The number of halogens is 1. The minimum atomic E-state index is -0.168. The molecule has 0 aliphatic heterocycles. The third-order valence-electron chi connectivity index (χ3n) is 3.06. The summed E-state index contributed by atoms with van der Waals surface area (Å²) < 4.78 is 13.6. The van der Waals surface area contributed by atoms with Crippen molar-refractivity contribution >= 4 is 5.78 Å². The van der Waals surface area contributed by atoms with Crippen LogP contribution in [0.4, 0.5) is 4.39 Å². The fourth-order valence-corrected chi connectivity index (χ4v) is 1.82. The van der Waals surface area contributed by atoms with E-state index in [0.717, 1.165) is 13.0 Å². The second kappa shape index (κ2) is 6.50. The van der Waals surface area contributed by atoms with Gasteiger partial charge in [-0.05, 0) is 39.9 Å². The van der Waals surface area contributed by atoms with Crippen molar-refractivity contribution in [3.05, 3.63) is 35.6 Å². The number of carbonyl (C=O) groups is 1. The minimum absolute atomic E-state index is 0.0307. The number of rotatable bonds is 6. The van der Waals surface area contributed by atoms with Gasteiger partial charge in [-0.25, -0.2) is 4.39 Å². The van der Waals surface area contributed by atoms with Crippen LogP contribution in [0.1, 0.15) is 38.3 Å². The van der Waals surface area contributed by atoms with Crippen LogP contribution in [0.3, 0.4) is 0 Å². The van der Waals surface area contributed by atoms with Crippen molar-refractivity contribution in [1.82, 2.24) is 4.90 Å². The summed E-state index contributed by atoms with van der Waals surface area (Å²) in [6.45, 7) is 4.38. The van der Waals surface area contributed by atoms with Crippen molar-refractivity contribution in [3.63, 3.8) is 0 Å². The maximum atomic E-state index is 13.6. The topological polar surface area (TPSA) is 20.3 Å². The predicted molar refractivity (Wildman–Crippen MR) is 67.4 cm³/mol. The molecular formula is C14H20FNO. The van der Waals surface area contributed by atoms with E-state index in [4.69, 9.17) is 0 Å². The zero-order chi connectivity index (χ0) is 12.8. The number of Topliss-reactive ketones (excluding diaryl/α,β-unsaturated/α-hetero) is 1. The Morgan fingerprint density at radius 2 is 2.06 bits per heavy atom.